The molecule has 1 aliphatic heterocycles. The van der Waals surface area contributed by atoms with Crippen LogP contribution in [-0.2, 0) is 0 Å². The smallest absolute Gasteiger partial charge is 0.321 e. The molecule has 0 unspecified atom stereocenters. The number of rotatable bonds is 3. The van der Waals surface area contributed by atoms with Gasteiger partial charge in [-0.05, 0) is 59.0 Å². The molecule has 1 saturated heterocycles. The average molecular weight is 443 g/mol. The van der Waals surface area contributed by atoms with Crippen molar-refractivity contribution in [3.63, 3.8) is 0 Å². The van der Waals surface area contributed by atoms with Gasteiger partial charge in [-0.25, -0.2) is 13.6 Å². The third-order valence-corrected chi connectivity index (χ3v) is 4.57. The van der Waals surface area contributed by atoms with Crippen LogP contribution in [0.2, 0.25) is 0 Å². The van der Waals surface area contributed by atoms with Crippen molar-refractivity contribution >= 4 is 45.9 Å². The van der Waals surface area contributed by atoms with Crippen molar-refractivity contribution in [3.8, 4) is 0 Å². The first-order valence-corrected chi connectivity index (χ1v) is 8.15. The van der Waals surface area contributed by atoms with E-state index in [1.807, 2.05) is 0 Å². The lowest BCUT2D eigenvalue weighted by Crippen LogP contribution is -2.27. The maximum Gasteiger partial charge on any atom is 0.321 e. The van der Waals surface area contributed by atoms with E-state index < -0.39 is 17.5 Å². The highest BCUT2D eigenvalue weighted by Crippen LogP contribution is 2.22. The molecule has 0 aliphatic carbocycles. The van der Waals surface area contributed by atoms with Crippen molar-refractivity contribution in [2.45, 2.75) is 0 Å². The van der Waals surface area contributed by atoms with Gasteiger partial charge in [-0.1, -0.05) is 0 Å². The molecule has 24 heavy (non-hydrogen) atoms. The summed E-state index contributed by atoms with van der Waals surface area (Å²) in [6.45, 7) is 1.14. The van der Waals surface area contributed by atoms with E-state index in [0.717, 1.165) is 12.1 Å². The summed E-state index contributed by atoms with van der Waals surface area (Å²) in [5.74, 6) is -1.96. The minimum atomic E-state index is -0.735. The Kier molecular flexibility index (Phi) is 4.65. The van der Waals surface area contributed by atoms with Gasteiger partial charge < -0.3 is 10.6 Å². The Bertz CT molecular complexity index is 788. The summed E-state index contributed by atoms with van der Waals surface area (Å²) in [5.41, 5.74) is 1.03. The van der Waals surface area contributed by atoms with Gasteiger partial charge in [0.05, 0.1) is 3.57 Å². The highest BCUT2D eigenvalue weighted by atomic mass is 127. The largest absolute Gasteiger partial charge is 0.336 e. The van der Waals surface area contributed by atoms with Crippen LogP contribution in [0.25, 0.3) is 0 Å². The minimum absolute atomic E-state index is 0.0402. The number of hydrogen-bond donors (Lipinski definition) is 2. The van der Waals surface area contributed by atoms with Gasteiger partial charge in [0.15, 0.2) is 0 Å². The summed E-state index contributed by atoms with van der Waals surface area (Å²) >= 11 is 1.55. The van der Waals surface area contributed by atoms with E-state index in [9.17, 15) is 18.4 Å². The minimum Gasteiger partial charge on any atom is -0.336 e. The number of halogens is 3. The normalized spacial score (nSPS) is 13.8. The fourth-order valence-electron chi connectivity index (χ4n) is 2.34. The molecule has 124 valence electrons. The first kappa shape index (κ1) is 16.6. The van der Waals surface area contributed by atoms with Crippen LogP contribution in [0.3, 0.4) is 0 Å². The van der Waals surface area contributed by atoms with Gasteiger partial charge in [0.2, 0.25) is 0 Å². The summed E-state index contributed by atoms with van der Waals surface area (Å²) in [5, 5.41) is 5.14. The second kappa shape index (κ2) is 6.71. The third kappa shape index (κ3) is 3.32. The lowest BCUT2D eigenvalue weighted by atomic mass is 10.1. The lowest BCUT2D eigenvalue weighted by Gasteiger charge is -2.14. The quantitative estimate of drug-likeness (QED) is 0.565. The summed E-state index contributed by atoms with van der Waals surface area (Å²) in [4.78, 5) is 25.3. The highest BCUT2D eigenvalue weighted by Gasteiger charge is 2.21. The monoisotopic (exact) mass is 443 g/mol. The van der Waals surface area contributed by atoms with E-state index in [0.29, 0.717) is 24.3 Å². The Balaban J connectivity index is 1.75. The van der Waals surface area contributed by atoms with E-state index in [1.165, 1.54) is 0 Å². The van der Waals surface area contributed by atoms with Crippen LogP contribution in [0.5, 0.6) is 0 Å². The maximum atomic E-state index is 13.5. The zero-order valence-electron chi connectivity index (χ0n) is 12.3. The number of carbonyl (C=O) groups is 2. The van der Waals surface area contributed by atoms with Crippen molar-refractivity contribution in [1.29, 1.82) is 0 Å². The number of hydrogen-bond acceptors (Lipinski definition) is 2. The highest BCUT2D eigenvalue weighted by molar-refractivity contribution is 14.1. The molecule has 3 amide bonds. The zero-order chi connectivity index (χ0) is 17.3. The summed E-state index contributed by atoms with van der Waals surface area (Å²) in [7, 11) is 0. The van der Waals surface area contributed by atoms with Crippen LogP contribution in [0, 0.1) is 15.2 Å². The molecule has 2 N–H and O–H groups in total. The molecular formula is C16H12F2IN3O2. The van der Waals surface area contributed by atoms with Crippen molar-refractivity contribution in [2.75, 3.05) is 23.3 Å². The van der Waals surface area contributed by atoms with Gasteiger partial charge in [-0.3, -0.25) is 9.69 Å². The fourth-order valence-corrected chi connectivity index (χ4v) is 2.65. The standard InChI is InChI=1S/C16H12F2IN3O2/c17-12-7-10(8-13(18)14(12)19)21-15(23)9-1-3-11(4-2-9)22-6-5-20-16(22)24/h1-4,7-8H,5-6H2,(H,20,24)(H,21,23). The van der Waals surface area contributed by atoms with E-state index in [1.54, 1.807) is 51.8 Å². The average Bonchev–Trinajstić information content (AvgIpc) is 2.98. The molecule has 0 saturated carbocycles. The van der Waals surface area contributed by atoms with Crippen molar-refractivity contribution in [1.82, 2.24) is 5.32 Å². The van der Waals surface area contributed by atoms with Gasteiger partial charge in [0, 0.05) is 30.0 Å². The Morgan fingerprint density at radius 2 is 1.79 bits per heavy atom. The third-order valence-electron chi connectivity index (χ3n) is 3.54. The Morgan fingerprint density at radius 1 is 1.17 bits per heavy atom. The van der Waals surface area contributed by atoms with Crippen LogP contribution >= 0.6 is 22.6 Å². The number of nitrogens with one attached hydrogen (secondary N) is 2. The van der Waals surface area contributed by atoms with Gasteiger partial charge >= 0.3 is 6.03 Å². The molecule has 0 atom stereocenters. The molecule has 1 heterocycles. The fraction of sp³-hybridized carbons (Fsp3) is 0.125. The van der Waals surface area contributed by atoms with E-state index in [2.05, 4.69) is 10.6 Å². The van der Waals surface area contributed by atoms with Crippen LogP contribution < -0.4 is 15.5 Å². The van der Waals surface area contributed by atoms with Gasteiger partial charge in [0.25, 0.3) is 5.91 Å². The molecule has 1 fully saturated rings. The predicted octanol–water partition coefficient (Wildman–Crippen LogP) is 3.35. The Hall–Kier alpha value is -2.23. The first-order chi connectivity index (χ1) is 11.5. The molecule has 1 aliphatic rings. The second-order valence-corrected chi connectivity index (χ2v) is 6.22. The molecule has 0 spiro atoms. The van der Waals surface area contributed by atoms with Gasteiger partial charge in [-0.2, -0.15) is 0 Å². The molecule has 8 heteroatoms. The number of urea groups is 1. The van der Waals surface area contributed by atoms with E-state index >= 15 is 0 Å². The summed E-state index contributed by atoms with van der Waals surface area (Å²) < 4.78 is 26.9. The molecule has 0 aromatic heterocycles. The van der Waals surface area contributed by atoms with Gasteiger partial charge in [-0.15, -0.1) is 0 Å². The Morgan fingerprint density at radius 3 is 2.33 bits per heavy atom. The SMILES string of the molecule is O=C(Nc1cc(F)c(I)c(F)c1)c1ccc(N2CCNC2=O)cc1. The van der Waals surface area contributed by atoms with Crippen molar-refractivity contribution in [3.05, 3.63) is 57.2 Å². The number of benzene rings is 2. The maximum absolute atomic E-state index is 13.5. The summed E-state index contributed by atoms with van der Waals surface area (Å²) in [6.07, 6.45) is 0. The van der Waals surface area contributed by atoms with Crippen LogP contribution in [0.1, 0.15) is 10.4 Å². The lowest BCUT2D eigenvalue weighted by molar-refractivity contribution is 0.102. The van der Waals surface area contributed by atoms with Crippen LogP contribution in [0.15, 0.2) is 36.4 Å². The van der Waals surface area contributed by atoms with E-state index in [-0.39, 0.29) is 15.3 Å². The molecule has 5 nitrogen and oxygen atoms in total. The number of carbonyl (C=O) groups excluding carboxylic acids is 2. The second-order valence-electron chi connectivity index (χ2n) is 5.14. The number of amides is 3. The predicted molar refractivity (Wildman–Crippen MR) is 94.2 cm³/mol. The van der Waals surface area contributed by atoms with E-state index in [4.69, 9.17) is 0 Å². The van der Waals surface area contributed by atoms with Crippen molar-refractivity contribution < 1.29 is 18.4 Å². The number of nitrogens with zero attached hydrogens (tertiary/aromatic N) is 1. The molecule has 3 rings (SSSR count). The summed E-state index contributed by atoms with van der Waals surface area (Å²) in [6, 6.07) is 8.34. The molecule has 2 aromatic rings. The zero-order valence-corrected chi connectivity index (χ0v) is 14.4. The van der Waals surface area contributed by atoms with Crippen LogP contribution in [0.4, 0.5) is 25.0 Å². The van der Waals surface area contributed by atoms with Gasteiger partial charge in [0.1, 0.15) is 11.6 Å². The molecule has 0 radical (unpaired) electrons. The Labute approximate surface area is 150 Å². The number of anilines is 2. The van der Waals surface area contributed by atoms with Crippen molar-refractivity contribution in [2.24, 2.45) is 0 Å². The molecular weight excluding hydrogens is 431 g/mol. The molecule has 2 aromatic carbocycles. The van der Waals surface area contributed by atoms with Crippen LogP contribution in [-0.4, -0.2) is 25.0 Å². The molecule has 0 bridgehead atoms. The first-order valence-electron chi connectivity index (χ1n) is 7.07. The topological polar surface area (TPSA) is 61.4 Å².